The van der Waals surface area contributed by atoms with E-state index in [0.29, 0.717) is 5.75 Å². The third kappa shape index (κ3) is 1.51. The zero-order valence-corrected chi connectivity index (χ0v) is 10.8. The van der Waals surface area contributed by atoms with E-state index in [-0.39, 0.29) is 0 Å². The Morgan fingerprint density at radius 3 is 2.40 bits per heavy atom. The van der Waals surface area contributed by atoms with E-state index in [1.807, 2.05) is 48.7 Å². The van der Waals surface area contributed by atoms with Crippen molar-refractivity contribution < 1.29 is 5.11 Å². The van der Waals surface area contributed by atoms with Gasteiger partial charge in [-0.25, -0.2) is 0 Å². The molecule has 0 aliphatic rings. The van der Waals surface area contributed by atoms with Gasteiger partial charge < -0.3 is 10.1 Å². The number of nitrogens with one attached hydrogen (secondary N) is 1. The minimum absolute atomic E-state index is 0.313. The number of fused-ring (bicyclic) bond motifs is 2. The van der Waals surface area contributed by atoms with Crippen molar-refractivity contribution in [2.24, 2.45) is 0 Å². The molecule has 0 unspecified atom stereocenters. The number of aromatic hydroxyl groups is 1. The Morgan fingerprint density at radius 2 is 1.50 bits per heavy atom. The van der Waals surface area contributed by atoms with Crippen LogP contribution in [0.25, 0.3) is 32.8 Å². The van der Waals surface area contributed by atoms with Gasteiger partial charge in [-0.05, 0) is 22.9 Å². The fourth-order valence-electron chi connectivity index (χ4n) is 2.82. The van der Waals surface area contributed by atoms with Crippen LogP contribution in [0.15, 0.2) is 66.9 Å². The molecule has 96 valence electrons. The van der Waals surface area contributed by atoms with Gasteiger partial charge in [-0.1, -0.05) is 48.5 Å². The Bertz CT molecular complexity index is 921. The summed E-state index contributed by atoms with van der Waals surface area (Å²) < 4.78 is 0. The number of phenols is 1. The molecule has 4 rings (SSSR count). The monoisotopic (exact) mass is 259 g/mol. The Labute approximate surface area is 116 Å². The Kier molecular flexibility index (Phi) is 2.30. The van der Waals surface area contributed by atoms with Crippen LogP contribution in [0.2, 0.25) is 0 Å². The van der Waals surface area contributed by atoms with Crippen molar-refractivity contribution >= 4 is 21.7 Å². The number of aromatic amines is 1. The number of benzene rings is 3. The molecule has 0 radical (unpaired) electrons. The van der Waals surface area contributed by atoms with Gasteiger partial charge in [-0.15, -0.1) is 0 Å². The number of H-pyrrole nitrogens is 1. The first kappa shape index (κ1) is 11.1. The molecule has 0 fully saturated rings. The third-order valence-electron chi connectivity index (χ3n) is 3.77. The van der Waals surface area contributed by atoms with E-state index in [1.165, 1.54) is 0 Å². The van der Waals surface area contributed by atoms with Gasteiger partial charge in [0.15, 0.2) is 0 Å². The zero-order valence-electron chi connectivity index (χ0n) is 10.8. The first-order valence-corrected chi connectivity index (χ1v) is 6.62. The molecule has 0 saturated carbocycles. The van der Waals surface area contributed by atoms with Gasteiger partial charge in [0.25, 0.3) is 0 Å². The highest BCUT2D eigenvalue weighted by molar-refractivity contribution is 6.07. The molecule has 2 N–H and O–H groups in total. The SMILES string of the molecule is Oc1ccc2ccccc2c1-c1c[nH]c2ccccc12. The van der Waals surface area contributed by atoms with E-state index in [2.05, 4.69) is 17.1 Å². The number of para-hydroxylation sites is 1. The molecule has 0 spiro atoms. The molecular weight excluding hydrogens is 246 g/mol. The van der Waals surface area contributed by atoms with Crippen LogP contribution in [0.3, 0.4) is 0 Å². The van der Waals surface area contributed by atoms with Crippen LogP contribution >= 0.6 is 0 Å². The van der Waals surface area contributed by atoms with Crippen molar-refractivity contribution in [2.45, 2.75) is 0 Å². The number of hydrogen-bond donors (Lipinski definition) is 2. The first-order chi connectivity index (χ1) is 9.84. The number of hydrogen-bond acceptors (Lipinski definition) is 1. The maximum Gasteiger partial charge on any atom is 0.124 e. The average molecular weight is 259 g/mol. The second-order valence-corrected chi connectivity index (χ2v) is 4.93. The zero-order chi connectivity index (χ0) is 13.5. The highest BCUT2D eigenvalue weighted by Crippen LogP contribution is 2.39. The molecule has 3 aromatic carbocycles. The molecule has 0 saturated heterocycles. The second kappa shape index (κ2) is 4.14. The fourth-order valence-corrected chi connectivity index (χ4v) is 2.82. The summed E-state index contributed by atoms with van der Waals surface area (Å²) in [5.41, 5.74) is 3.00. The minimum atomic E-state index is 0.313. The van der Waals surface area contributed by atoms with Gasteiger partial charge in [0.2, 0.25) is 0 Å². The van der Waals surface area contributed by atoms with Crippen LogP contribution in [0.4, 0.5) is 0 Å². The second-order valence-electron chi connectivity index (χ2n) is 4.93. The molecule has 0 aliphatic carbocycles. The number of aromatic nitrogens is 1. The lowest BCUT2D eigenvalue weighted by Crippen LogP contribution is -1.81. The molecule has 1 aromatic heterocycles. The highest BCUT2D eigenvalue weighted by atomic mass is 16.3. The van der Waals surface area contributed by atoms with E-state index in [1.54, 1.807) is 6.07 Å². The van der Waals surface area contributed by atoms with Gasteiger partial charge in [0.1, 0.15) is 5.75 Å². The molecule has 0 atom stereocenters. The normalized spacial score (nSPS) is 11.2. The first-order valence-electron chi connectivity index (χ1n) is 6.62. The van der Waals surface area contributed by atoms with E-state index in [9.17, 15) is 5.11 Å². The summed E-state index contributed by atoms with van der Waals surface area (Å²) in [6.07, 6.45) is 1.96. The maximum absolute atomic E-state index is 10.3. The standard InChI is InChI=1S/C18H13NO/c20-17-10-9-12-5-1-2-6-13(12)18(17)15-11-19-16-8-4-3-7-14(15)16/h1-11,19-20H. The molecule has 0 amide bonds. The van der Waals surface area contributed by atoms with E-state index >= 15 is 0 Å². The lowest BCUT2D eigenvalue weighted by atomic mass is 9.97. The quantitative estimate of drug-likeness (QED) is 0.511. The predicted octanol–water partition coefficient (Wildman–Crippen LogP) is 4.69. The van der Waals surface area contributed by atoms with Crippen LogP contribution in [0, 0.1) is 0 Å². The van der Waals surface area contributed by atoms with Crippen LogP contribution in [0.1, 0.15) is 0 Å². The Hall–Kier alpha value is -2.74. The summed E-state index contributed by atoms with van der Waals surface area (Å²) in [4.78, 5) is 3.27. The van der Waals surface area contributed by atoms with Gasteiger partial charge in [0.05, 0.1) is 0 Å². The van der Waals surface area contributed by atoms with Gasteiger partial charge >= 0.3 is 0 Å². The molecule has 20 heavy (non-hydrogen) atoms. The van der Waals surface area contributed by atoms with Crippen LogP contribution in [-0.2, 0) is 0 Å². The average Bonchev–Trinajstić information content (AvgIpc) is 2.91. The Morgan fingerprint density at radius 1 is 0.750 bits per heavy atom. The van der Waals surface area contributed by atoms with Crippen LogP contribution in [-0.4, -0.2) is 10.1 Å². The maximum atomic E-state index is 10.3. The Balaban J connectivity index is 2.14. The molecule has 2 nitrogen and oxygen atoms in total. The van der Waals surface area contributed by atoms with Gasteiger partial charge in [-0.2, -0.15) is 0 Å². The molecule has 1 heterocycles. The van der Waals surface area contributed by atoms with Crippen molar-refractivity contribution in [3.05, 3.63) is 66.9 Å². The van der Waals surface area contributed by atoms with Crippen molar-refractivity contribution in [3.63, 3.8) is 0 Å². The van der Waals surface area contributed by atoms with Crippen molar-refractivity contribution in [3.8, 4) is 16.9 Å². The number of phenolic OH excluding ortho intramolecular Hbond substituents is 1. The molecule has 4 aromatic rings. The van der Waals surface area contributed by atoms with E-state index in [4.69, 9.17) is 0 Å². The molecule has 0 aliphatic heterocycles. The van der Waals surface area contributed by atoms with E-state index in [0.717, 1.165) is 32.8 Å². The van der Waals surface area contributed by atoms with Crippen molar-refractivity contribution in [2.75, 3.05) is 0 Å². The number of rotatable bonds is 1. The minimum Gasteiger partial charge on any atom is -0.507 e. The summed E-state index contributed by atoms with van der Waals surface area (Å²) in [6.45, 7) is 0. The largest absolute Gasteiger partial charge is 0.507 e. The van der Waals surface area contributed by atoms with Crippen LogP contribution in [0.5, 0.6) is 5.75 Å². The summed E-state index contributed by atoms with van der Waals surface area (Å²) in [5.74, 6) is 0.313. The molecule has 2 heteroatoms. The highest BCUT2D eigenvalue weighted by Gasteiger charge is 2.13. The van der Waals surface area contributed by atoms with Crippen molar-refractivity contribution in [1.82, 2.24) is 4.98 Å². The molecular formula is C18H13NO. The predicted molar refractivity (Wildman–Crippen MR) is 82.9 cm³/mol. The van der Waals surface area contributed by atoms with E-state index < -0.39 is 0 Å². The van der Waals surface area contributed by atoms with Gasteiger partial charge in [0, 0.05) is 28.2 Å². The fraction of sp³-hybridized carbons (Fsp3) is 0. The molecule has 0 bridgehead atoms. The van der Waals surface area contributed by atoms with Gasteiger partial charge in [-0.3, -0.25) is 0 Å². The lowest BCUT2D eigenvalue weighted by molar-refractivity contribution is 0.478. The van der Waals surface area contributed by atoms with Crippen molar-refractivity contribution in [1.29, 1.82) is 0 Å². The topological polar surface area (TPSA) is 36.0 Å². The summed E-state index contributed by atoms with van der Waals surface area (Å²) in [5, 5.41) is 13.6. The third-order valence-corrected chi connectivity index (χ3v) is 3.77. The smallest absolute Gasteiger partial charge is 0.124 e. The summed E-state index contributed by atoms with van der Waals surface area (Å²) in [6, 6.07) is 20.0. The lowest BCUT2D eigenvalue weighted by Gasteiger charge is -2.08. The summed E-state index contributed by atoms with van der Waals surface area (Å²) >= 11 is 0. The summed E-state index contributed by atoms with van der Waals surface area (Å²) in [7, 11) is 0. The van der Waals surface area contributed by atoms with Crippen LogP contribution < -0.4 is 0 Å².